The first-order chi connectivity index (χ1) is 8.11. The zero-order valence-electron chi connectivity index (χ0n) is 9.59. The summed E-state index contributed by atoms with van der Waals surface area (Å²) in [4.78, 5) is 23.8. The van der Waals surface area contributed by atoms with Gasteiger partial charge in [0.25, 0.3) is 0 Å². The molecule has 1 heterocycles. The third-order valence-electron chi connectivity index (χ3n) is 2.49. The second kappa shape index (κ2) is 7.39. The van der Waals surface area contributed by atoms with E-state index in [0.29, 0.717) is 0 Å². The van der Waals surface area contributed by atoms with Crippen molar-refractivity contribution in [3.05, 3.63) is 0 Å². The molecule has 2 amide bonds. The minimum atomic E-state index is -1.41. The van der Waals surface area contributed by atoms with E-state index in [9.17, 15) is 9.59 Å². The third kappa shape index (κ3) is 5.27. The van der Waals surface area contributed by atoms with E-state index in [-0.39, 0.29) is 19.0 Å². The third-order valence-corrected chi connectivity index (χ3v) is 3.54. The van der Waals surface area contributed by atoms with Gasteiger partial charge in [-0.1, -0.05) is 0 Å². The number of nitrogens with one attached hydrogen (secondary N) is 1. The Morgan fingerprint density at radius 2 is 2.12 bits per heavy atom. The highest BCUT2D eigenvalue weighted by Crippen LogP contribution is 2.09. The molecule has 1 unspecified atom stereocenters. The summed E-state index contributed by atoms with van der Waals surface area (Å²) in [7, 11) is 0. The van der Waals surface area contributed by atoms with Crippen LogP contribution < -0.4 is 5.32 Å². The van der Waals surface area contributed by atoms with E-state index < -0.39 is 12.1 Å². The van der Waals surface area contributed by atoms with Crippen molar-refractivity contribution in [3.63, 3.8) is 0 Å². The Bertz CT molecular complexity index is 267. The minimum absolute atomic E-state index is 0.0314. The first-order valence-corrected chi connectivity index (χ1v) is 6.78. The first kappa shape index (κ1) is 14.1. The number of hydrogen-bond acceptors (Lipinski definition) is 4. The number of hydrogen-bond donors (Lipinski definition) is 3. The standard InChI is InChI=1S/C10H18N2O4S/c13-8(9(14)15)2-3-11-10(16)12-4-1-6-17-7-5-12/h8,13H,1-7H2,(H,11,16)(H,14,15). The summed E-state index contributed by atoms with van der Waals surface area (Å²) in [5, 5.41) is 20.1. The number of thioether (sulfide) groups is 1. The van der Waals surface area contributed by atoms with Crippen LogP contribution in [0.5, 0.6) is 0 Å². The molecule has 0 saturated carbocycles. The molecule has 3 N–H and O–H groups in total. The van der Waals surface area contributed by atoms with Gasteiger partial charge in [-0.25, -0.2) is 9.59 Å². The molecular weight excluding hydrogens is 244 g/mol. The highest BCUT2D eigenvalue weighted by atomic mass is 32.2. The summed E-state index contributed by atoms with van der Waals surface area (Å²) in [6.07, 6.45) is -0.394. The number of aliphatic hydroxyl groups excluding tert-OH is 1. The number of urea groups is 1. The topological polar surface area (TPSA) is 89.9 Å². The molecule has 7 heteroatoms. The predicted octanol–water partition coefficient (Wildman–Crippen LogP) is -0.0295. The SMILES string of the molecule is O=C(O)C(O)CCNC(=O)N1CCCSCC1. The summed E-state index contributed by atoms with van der Waals surface area (Å²) in [5.74, 6) is 0.748. The van der Waals surface area contributed by atoms with Crippen LogP contribution in [0.1, 0.15) is 12.8 Å². The van der Waals surface area contributed by atoms with Crippen LogP contribution in [0.15, 0.2) is 0 Å². The van der Waals surface area contributed by atoms with Gasteiger partial charge in [0.15, 0.2) is 6.10 Å². The molecule has 0 aromatic heterocycles. The maximum Gasteiger partial charge on any atom is 0.332 e. The second-order valence-electron chi connectivity index (χ2n) is 3.83. The lowest BCUT2D eigenvalue weighted by atomic mass is 10.2. The average molecular weight is 262 g/mol. The molecule has 1 aliphatic heterocycles. The van der Waals surface area contributed by atoms with E-state index in [1.165, 1.54) is 0 Å². The van der Waals surface area contributed by atoms with Gasteiger partial charge in [0.05, 0.1) is 0 Å². The van der Waals surface area contributed by atoms with Crippen LogP contribution in [0.2, 0.25) is 0 Å². The lowest BCUT2D eigenvalue weighted by molar-refractivity contribution is -0.146. The van der Waals surface area contributed by atoms with Gasteiger partial charge in [-0.05, 0) is 12.2 Å². The number of carbonyl (C=O) groups is 2. The quantitative estimate of drug-likeness (QED) is 0.662. The van der Waals surface area contributed by atoms with Gasteiger partial charge in [-0.2, -0.15) is 11.8 Å². The molecule has 1 atom stereocenters. The van der Waals surface area contributed by atoms with Crippen molar-refractivity contribution in [1.29, 1.82) is 0 Å². The monoisotopic (exact) mass is 262 g/mol. The van der Waals surface area contributed by atoms with E-state index in [1.54, 1.807) is 4.90 Å². The predicted molar refractivity (Wildman–Crippen MR) is 65.2 cm³/mol. The lowest BCUT2D eigenvalue weighted by Gasteiger charge is -2.20. The van der Waals surface area contributed by atoms with Gasteiger partial charge in [-0.15, -0.1) is 0 Å². The van der Waals surface area contributed by atoms with Crippen molar-refractivity contribution in [1.82, 2.24) is 10.2 Å². The van der Waals surface area contributed by atoms with Crippen LogP contribution in [-0.4, -0.2) is 64.4 Å². The summed E-state index contributed by atoms with van der Waals surface area (Å²) >= 11 is 1.83. The Morgan fingerprint density at radius 3 is 2.82 bits per heavy atom. The van der Waals surface area contributed by atoms with Crippen molar-refractivity contribution < 1.29 is 19.8 Å². The van der Waals surface area contributed by atoms with E-state index in [2.05, 4.69) is 5.32 Å². The Hall–Kier alpha value is -0.950. The van der Waals surface area contributed by atoms with Gasteiger partial charge < -0.3 is 20.4 Å². The van der Waals surface area contributed by atoms with Crippen molar-refractivity contribution in [3.8, 4) is 0 Å². The molecule has 0 aromatic rings. The van der Waals surface area contributed by atoms with Crippen molar-refractivity contribution in [2.75, 3.05) is 31.1 Å². The van der Waals surface area contributed by atoms with Crippen LogP contribution >= 0.6 is 11.8 Å². The molecule has 1 saturated heterocycles. The zero-order chi connectivity index (χ0) is 12.7. The Morgan fingerprint density at radius 1 is 1.35 bits per heavy atom. The van der Waals surface area contributed by atoms with E-state index in [0.717, 1.165) is 31.0 Å². The van der Waals surface area contributed by atoms with Crippen LogP contribution in [-0.2, 0) is 4.79 Å². The molecule has 0 bridgehead atoms. The molecule has 1 aliphatic rings. The lowest BCUT2D eigenvalue weighted by Crippen LogP contribution is -2.42. The van der Waals surface area contributed by atoms with Gasteiger partial charge in [0.1, 0.15) is 0 Å². The molecule has 0 radical (unpaired) electrons. The Labute approximate surface area is 104 Å². The van der Waals surface area contributed by atoms with Gasteiger partial charge >= 0.3 is 12.0 Å². The number of rotatable bonds is 4. The molecule has 0 aromatic carbocycles. The van der Waals surface area contributed by atoms with Crippen molar-refractivity contribution in [2.45, 2.75) is 18.9 Å². The fraction of sp³-hybridized carbons (Fsp3) is 0.800. The maximum atomic E-state index is 11.7. The fourth-order valence-corrected chi connectivity index (χ4v) is 2.39. The molecule has 6 nitrogen and oxygen atoms in total. The number of carboxylic acid groups (broad SMARTS) is 1. The van der Waals surface area contributed by atoms with Gasteiger partial charge in [0, 0.05) is 31.8 Å². The molecular formula is C10H18N2O4S. The van der Waals surface area contributed by atoms with Crippen LogP contribution in [0, 0.1) is 0 Å². The first-order valence-electron chi connectivity index (χ1n) is 5.62. The highest BCUT2D eigenvalue weighted by molar-refractivity contribution is 7.99. The molecule has 0 aliphatic carbocycles. The van der Waals surface area contributed by atoms with Gasteiger partial charge in [-0.3, -0.25) is 0 Å². The maximum absolute atomic E-state index is 11.7. The molecule has 0 spiro atoms. The number of aliphatic hydroxyl groups is 1. The zero-order valence-corrected chi connectivity index (χ0v) is 10.4. The Kier molecular flexibility index (Phi) is 6.13. The van der Waals surface area contributed by atoms with E-state index in [4.69, 9.17) is 10.2 Å². The van der Waals surface area contributed by atoms with Crippen molar-refractivity contribution >= 4 is 23.8 Å². The summed E-state index contributed by atoms with van der Waals surface area (Å²) in [5.41, 5.74) is 0. The summed E-state index contributed by atoms with van der Waals surface area (Å²) in [6, 6.07) is -0.176. The van der Waals surface area contributed by atoms with Crippen molar-refractivity contribution in [2.24, 2.45) is 0 Å². The van der Waals surface area contributed by atoms with Crippen LogP contribution in [0.4, 0.5) is 4.79 Å². The number of carboxylic acids is 1. The normalized spacial score (nSPS) is 18.3. The van der Waals surface area contributed by atoms with Crippen LogP contribution in [0.3, 0.4) is 0 Å². The highest BCUT2D eigenvalue weighted by Gasteiger charge is 2.17. The number of amides is 2. The molecule has 98 valence electrons. The molecule has 17 heavy (non-hydrogen) atoms. The number of nitrogens with zero attached hydrogens (tertiary/aromatic N) is 1. The number of carbonyl (C=O) groups excluding carboxylic acids is 1. The van der Waals surface area contributed by atoms with E-state index >= 15 is 0 Å². The summed E-state index contributed by atoms with van der Waals surface area (Å²) in [6.45, 7) is 1.63. The molecule has 1 fully saturated rings. The summed E-state index contributed by atoms with van der Waals surface area (Å²) < 4.78 is 0. The second-order valence-corrected chi connectivity index (χ2v) is 5.05. The Balaban J connectivity index is 2.21. The number of aliphatic carboxylic acids is 1. The van der Waals surface area contributed by atoms with Crippen LogP contribution in [0.25, 0.3) is 0 Å². The fourth-order valence-electron chi connectivity index (χ4n) is 1.50. The largest absolute Gasteiger partial charge is 0.479 e. The smallest absolute Gasteiger partial charge is 0.332 e. The molecule has 1 rings (SSSR count). The average Bonchev–Trinajstić information content (AvgIpc) is 2.57. The van der Waals surface area contributed by atoms with E-state index in [1.807, 2.05) is 11.8 Å². The minimum Gasteiger partial charge on any atom is -0.479 e. The van der Waals surface area contributed by atoms with Gasteiger partial charge in [0.2, 0.25) is 0 Å².